The molecular formula is C11H13BO3. The van der Waals surface area contributed by atoms with E-state index in [0.29, 0.717) is 13.2 Å². The third-order valence-electron chi connectivity index (χ3n) is 2.83. The van der Waals surface area contributed by atoms with Gasteiger partial charge in [-0.15, -0.1) is 0 Å². The van der Waals surface area contributed by atoms with Gasteiger partial charge < -0.3 is 14.0 Å². The lowest BCUT2D eigenvalue weighted by atomic mass is 9.78. The molecule has 0 aliphatic carbocycles. The number of rotatable bonds is 1. The largest absolute Gasteiger partial charge is 0.494 e. The second kappa shape index (κ2) is 3.87. The van der Waals surface area contributed by atoms with E-state index in [0.717, 1.165) is 30.7 Å². The molecule has 0 radical (unpaired) electrons. The van der Waals surface area contributed by atoms with Crippen LogP contribution < -0.4 is 10.2 Å². The highest BCUT2D eigenvalue weighted by atomic mass is 16.6. The maximum absolute atomic E-state index is 5.56. The van der Waals surface area contributed by atoms with Crippen LogP contribution in [0.3, 0.4) is 0 Å². The van der Waals surface area contributed by atoms with Gasteiger partial charge in [0.05, 0.1) is 19.8 Å². The van der Waals surface area contributed by atoms with Crippen molar-refractivity contribution in [3.8, 4) is 5.75 Å². The maximum Gasteiger partial charge on any atom is 0.494 e. The van der Waals surface area contributed by atoms with E-state index in [1.54, 1.807) is 0 Å². The zero-order chi connectivity index (χ0) is 10.1. The fourth-order valence-corrected chi connectivity index (χ4v) is 2.08. The van der Waals surface area contributed by atoms with E-state index in [1.807, 2.05) is 12.1 Å². The van der Waals surface area contributed by atoms with E-state index in [9.17, 15) is 0 Å². The van der Waals surface area contributed by atoms with Crippen LogP contribution in [0.1, 0.15) is 12.0 Å². The second-order valence-corrected chi connectivity index (χ2v) is 3.89. The summed E-state index contributed by atoms with van der Waals surface area (Å²) in [7, 11) is -0.169. The molecule has 15 heavy (non-hydrogen) atoms. The van der Waals surface area contributed by atoms with Crippen LogP contribution in [-0.2, 0) is 15.7 Å². The van der Waals surface area contributed by atoms with Crippen molar-refractivity contribution in [1.82, 2.24) is 0 Å². The molecule has 2 aliphatic rings. The summed E-state index contributed by atoms with van der Waals surface area (Å²) in [6.45, 7) is 2.22. The molecule has 3 rings (SSSR count). The highest BCUT2D eigenvalue weighted by Gasteiger charge is 2.27. The molecule has 1 fully saturated rings. The van der Waals surface area contributed by atoms with Crippen LogP contribution in [0.2, 0.25) is 0 Å². The number of hydrogen-bond acceptors (Lipinski definition) is 3. The highest BCUT2D eigenvalue weighted by molar-refractivity contribution is 6.61. The molecule has 0 amide bonds. The van der Waals surface area contributed by atoms with Gasteiger partial charge in [0.15, 0.2) is 0 Å². The van der Waals surface area contributed by atoms with Gasteiger partial charge in [0.1, 0.15) is 5.75 Å². The molecule has 3 nitrogen and oxygen atoms in total. The normalized spacial score (nSPS) is 19.9. The molecule has 1 aromatic rings. The Hall–Kier alpha value is -0.995. The van der Waals surface area contributed by atoms with Gasteiger partial charge in [-0.3, -0.25) is 0 Å². The molecule has 0 saturated carbocycles. The summed E-state index contributed by atoms with van der Waals surface area (Å²) in [4.78, 5) is 0. The number of ether oxygens (including phenoxy) is 1. The Morgan fingerprint density at radius 3 is 2.80 bits per heavy atom. The zero-order valence-corrected chi connectivity index (χ0v) is 8.57. The minimum atomic E-state index is -0.169. The topological polar surface area (TPSA) is 27.7 Å². The average molecular weight is 204 g/mol. The number of hydrogen-bond donors (Lipinski definition) is 0. The third-order valence-corrected chi connectivity index (χ3v) is 2.83. The number of benzene rings is 1. The van der Waals surface area contributed by atoms with Crippen LogP contribution in [-0.4, -0.2) is 26.9 Å². The van der Waals surface area contributed by atoms with E-state index in [2.05, 4.69) is 6.07 Å². The first-order chi connectivity index (χ1) is 7.43. The fraction of sp³-hybridized carbons (Fsp3) is 0.455. The molecule has 78 valence electrons. The summed E-state index contributed by atoms with van der Waals surface area (Å²) in [6.07, 6.45) is 2.19. The Labute approximate surface area is 89.5 Å². The van der Waals surface area contributed by atoms with E-state index in [4.69, 9.17) is 14.0 Å². The Balaban J connectivity index is 1.89. The van der Waals surface area contributed by atoms with Gasteiger partial charge in [-0.1, -0.05) is 12.1 Å². The standard InChI is InChI=1S/C11H13BO3/c1-2-9-8-10(12-14-6-7-15-12)3-4-11(9)13-5-1/h3-4,8H,1-2,5-7H2. The molecule has 0 N–H and O–H groups in total. The smallest absolute Gasteiger partial charge is 0.493 e. The molecule has 4 heteroatoms. The van der Waals surface area contributed by atoms with Crippen molar-refractivity contribution in [2.24, 2.45) is 0 Å². The van der Waals surface area contributed by atoms with E-state index in [-0.39, 0.29) is 7.12 Å². The van der Waals surface area contributed by atoms with E-state index in [1.165, 1.54) is 5.56 Å². The molecule has 0 bridgehead atoms. The predicted octanol–water partition coefficient (Wildman–Crippen LogP) is 0.754. The number of fused-ring (bicyclic) bond motifs is 1. The minimum absolute atomic E-state index is 0.169. The van der Waals surface area contributed by atoms with Gasteiger partial charge in [0.25, 0.3) is 0 Å². The van der Waals surface area contributed by atoms with E-state index >= 15 is 0 Å². The summed E-state index contributed by atoms with van der Waals surface area (Å²) >= 11 is 0. The second-order valence-electron chi connectivity index (χ2n) is 3.89. The maximum atomic E-state index is 5.56. The third kappa shape index (κ3) is 1.75. The van der Waals surface area contributed by atoms with Crippen LogP contribution >= 0.6 is 0 Å². The van der Waals surface area contributed by atoms with Gasteiger partial charge in [-0.25, -0.2) is 0 Å². The molecular weight excluding hydrogens is 191 g/mol. The molecule has 0 spiro atoms. The lowest BCUT2D eigenvalue weighted by molar-refractivity contribution is 0.288. The first-order valence-corrected chi connectivity index (χ1v) is 5.42. The minimum Gasteiger partial charge on any atom is -0.493 e. The molecule has 0 aromatic heterocycles. The van der Waals surface area contributed by atoms with E-state index < -0.39 is 0 Å². The van der Waals surface area contributed by atoms with Crippen molar-refractivity contribution in [1.29, 1.82) is 0 Å². The summed E-state index contributed by atoms with van der Waals surface area (Å²) in [5.74, 6) is 1.02. The molecule has 2 aliphatic heterocycles. The summed E-state index contributed by atoms with van der Waals surface area (Å²) in [5.41, 5.74) is 2.38. The first kappa shape index (κ1) is 9.25. The van der Waals surface area contributed by atoms with Crippen LogP contribution in [0.25, 0.3) is 0 Å². The molecule has 0 atom stereocenters. The van der Waals surface area contributed by atoms with Gasteiger partial charge >= 0.3 is 7.12 Å². The van der Waals surface area contributed by atoms with Crippen molar-refractivity contribution in [2.75, 3.05) is 19.8 Å². The van der Waals surface area contributed by atoms with Crippen LogP contribution in [0.15, 0.2) is 18.2 Å². The highest BCUT2D eigenvalue weighted by Crippen LogP contribution is 2.23. The summed E-state index contributed by atoms with van der Waals surface area (Å²) < 4.78 is 16.5. The average Bonchev–Trinajstić information content (AvgIpc) is 2.82. The van der Waals surface area contributed by atoms with Gasteiger partial charge in [0.2, 0.25) is 0 Å². The molecule has 1 aromatic carbocycles. The van der Waals surface area contributed by atoms with Crippen molar-refractivity contribution < 1.29 is 14.0 Å². The lowest BCUT2D eigenvalue weighted by Crippen LogP contribution is -2.32. The Morgan fingerprint density at radius 1 is 1.07 bits per heavy atom. The summed E-state index contributed by atoms with van der Waals surface area (Å²) in [5, 5.41) is 0. The van der Waals surface area contributed by atoms with Crippen molar-refractivity contribution in [3.63, 3.8) is 0 Å². The Bertz CT molecular complexity index is 361. The van der Waals surface area contributed by atoms with Crippen LogP contribution in [0, 0.1) is 0 Å². The zero-order valence-electron chi connectivity index (χ0n) is 8.57. The predicted molar refractivity (Wildman–Crippen MR) is 57.6 cm³/mol. The molecule has 0 unspecified atom stereocenters. The van der Waals surface area contributed by atoms with Crippen molar-refractivity contribution in [3.05, 3.63) is 23.8 Å². The number of aryl methyl sites for hydroxylation is 1. The summed E-state index contributed by atoms with van der Waals surface area (Å²) in [6, 6.07) is 6.19. The SMILES string of the molecule is c1cc2c(cc1B1OCCO1)CCCO2. The Kier molecular flexibility index (Phi) is 2.39. The monoisotopic (exact) mass is 204 g/mol. The fourth-order valence-electron chi connectivity index (χ4n) is 2.08. The van der Waals surface area contributed by atoms with Gasteiger partial charge in [-0.05, 0) is 29.9 Å². The molecule has 2 heterocycles. The van der Waals surface area contributed by atoms with Crippen LogP contribution in [0.5, 0.6) is 5.75 Å². The molecule has 1 saturated heterocycles. The van der Waals surface area contributed by atoms with Gasteiger partial charge in [-0.2, -0.15) is 0 Å². The van der Waals surface area contributed by atoms with Crippen molar-refractivity contribution >= 4 is 12.6 Å². The lowest BCUT2D eigenvalue weighted by Gasteiger charge is -2.18. The first-order valence-electron chi connectivity index (χ1n) is 5.42. The van der Waals surface area contributed by atoms with Gasteiger partial charge in [0, 0.05) is 0 Å². The van der Waals surface area contributed by atoms with Crippen LogP contribution in [0.4, 0.5) is 0 Å². The van der Waals surface area contributed by atoms with Crippen molar-refractivity contribution in [2.45, 2.75) is 12.8 Å². The Morgan fingerprint density at radius 2 is 1.93 bits per heavy atom. The quantitative estimate of drug-likeness (QED) is 0.632.